The summed E-state index contributed by atoms with van der Waals surface area (Å²) < 4.78 is 6.58. The lowest BCUT2D eigenvalue weighted by molar-refractivity contribution is 0.211. The van der Waals surface area contributed by atoms with E-state index in [1.807, 2.05) is 11.8 Å². The second-order valence-corrected chi connectivity index (χ2v) is 10.9. The number of benzene rings is 2. The molecule has 182 valence electrons. The summed E-state index contributed by atoms with van der Waals surface area (Å²) >= 11 is 7.69. The summed E-state index contributed by atoms with van der Waals surface area (Å²) in [6.07, 6.45) is 18.9. The van der Waals surface area contributed by atoms with Crippen molar-refractivity contribution in [2.75, 3.05) is 5.75 Å². The van der Waals surface area contributed by atoms with Crippen molar-refractivity contribution in [3.63, 3.8) is 0 Å². The van der Waals surface area contributed by atoms with Crippen LogP contribution in [0, 0.1) is 0 Å². The first-order valence-electron chi connectivity index (χ1n) is 13.1. The van der Waals surface area contributed by atoms with E-state index < -0.39 is 4.93 Å². The van der Waals surface area contributed by atoms with Crippen molar-refractivity contribution in [3.8, 4) is 0 Å². The molecule has 1 nitrogen and oxygen atoms in total. The van der Waals surface area contributed by atoms with Crippen LogP contribution in [0.1, 0.15) is 88.3 Å². The molecule has 3 heteroatoms. The number of thioether (sulfide) groups is 1. The maximum Gasteiger partial charge on any atom is 0.193 e. The normalized spacial score (nSPS) is 17.4. The SMILES string of the molecule is CCCCCCCSC1(OC(=S)c2ccc(CCCCC)cc2)C=CC(c2ccccc2)=CC1. The monoisotopic (exact) mass is 492 g/mol. The van der Waals surface area contributed by atoms with Crippen molar-refractivity contribution in [3.05, 3.63) is 89.5 Å². The topological polar surface area (TPSA) is 9.23 Å². The zero-order valence-electron chi connectivity index (χ0n) is 20.9. The average molecular weight is 493 g/mol. The minimum Gasteiger partial charge on any atom is -0.461 e. The Labute approximate surface area is 217 Å². The highest BCUT2D eigenvalue weighted by Crippen LogP contribution is 2.39. The average Bonchev–Trinajstić information content (AvgIpc) is 2.88. The Bertz CT molecular complexity index is 930. The zero-order valence-corrected chi connectivity index (χ0v) is 22.6. The van der Waals surface area contributed by atoms with Crippen molar-refractivity contribution in [2.24, 2.45) is 0 Å². The predicted octanol–water partition coefficient (Wildman–Crippen LogP) is 9.55. The Morgan fingerprint density at radius 2 is 1.59 bits per heavy atom. The van der Waals surface area contributed by atoms with Crippen molar-refractivity contribution < 1.29 is 4.74 Å². The van der Waals surface area contributed by atoms with E-state index in [0.29, 0.717) is 5.05 Å². The number of hydrogen-bond acceptors (Lipinski definition) is 3. The molecule has 0 spiro atoms. The molecule has 0 aromatic heterocycles. The summed E-state index contributed by atoms with van der Waals surface area (Å²) in [5, 5.41) is 0.597. The third kappa shape index (κ3) is 8.43. The lowest BCUT2D eigenvalue weighted by Crippen LogP contribution is -2.30. The van der Waals surface area contributed by atoms with Crippen LogP contribution in [0.5, 0.6) is 0 Å². The number of unbranched alkanes of at least 4 members (excludes halogenated alkanes) is 6. The van der Waals surface area contributed by atoms with Crippen LogP contribution in [0.2, 0.25) is 0 Å². The van der Waals surface area contributed by atoms with Gasteiger partial charge in [-0.2, -0.15) is 0 Å². The van der Waals surface area contributed by atoms with E-state index in [0.717, 1.165) is 24.2 Å². The van der Waals surface area contributed by atoms with Crippen LogP contribution < -0.4 is 0 Å². The molecule has 0 fully saturated rings. The highest BCUT2D eigenvalue weighted by atomic mass is 32.2. The third-order valence-electron chi connectivity index (χ3n) is 6.35. The first kappa shape index (κ1) is 26.8. The van der Waals surface area contributed by atoms with Gasteiger partial charge in [0.05, 0.1) is 0 Å². The van der Waals surface area contributed by atoms with Crippen LogP contribution in [0.4, 0.5) is 0 Å². The predicted molar refractivity (Wildman–Crippen MR) is 155 cm³/mol. The van der Waals surface area contributed by atoms with E-state index in [1.165, 1.54) is 68.1 Å². The molecule has 0 N–H and O–H groups in total. The standard InChI is InChI=1S/C31H40OS2/c1-3-5-7-8-13-25-34-31(23-21-28(22-24-31)27-15-11-9-12-16-27)32-30(33)29-19-17-26(18-20-29)14-10-6-4-2/h9,11-12,15-23H,3-8,10,13-14,24-25H2,1-2H3. The molecule has 1 aliphatic rings. The van der Waals surface area contributed by atoms with E-state index in [1.54, 1.807) is 0 Å². The molecule has 0 heterocycles. The first-order chi connectivity index (χ1) is 16.7. The number of thiocarbonyl (C=S) groups is 1. The lowest BCUT2D eigenvalue weighted by atomic mass is 9.98. The first-order valence-corrected chi connectivity index (χ1v) is 14.5. The smallest absolute Gasteiger partial charge is 0.193 e. The largest absolute Gasteiger partial charge is 0.461 e. The molecule has 1 unspecified atom stereocenters. The molecular weight excluding hydrogens is 452 g/mol. The minimum absolute atomic E-state index is 0.431. The molecule has 2 aromatic rings. The quantitative estimate of drug-likeness (QED) is 0.148. The molecule has 0 amide bonds. The minimum atomic E-state index is -0.431. The highest BCUT2D eigenvalue weighted by molar-refractivity contribution is 8.00. The van der Waals surface area contributed by atoms with Crippen molar-refractivity contribution in [2.45, 2.75) is 83.0 Å². The zero-order chi connectivity index (χ0) is 24.1. The van der Waals surface area contributed by atoms with Gasteiger partial charge in [-0.3, -0.25) is 0 Å². The van der Waals surface area contributed by atoms with Crippen LogP contribution in [-0.2, 0) is 11.2 Å². The fraction of sp³-hybridized carbons (Fsp3) is 0.452. The molecule has 1 aliphatic carbocycles. The number of aryl methyl sites for hydroxylation is 1. The van der Waals surface area contributed by atoms with Gasteiger partial charge in [-0.05, 0) is 60.0 Å². The fourth-order valence-electron chi connectivity index (χ4n) is 4.21. The third-order valence-corrected chi connectivity index (χ3v) is 8.04. The Hall–Kier alpha value is -1.84. The van der Waals surface area contributed by atoms with Gasteiger partial charge in [0.2, 0.25) is 0 Å². The molecular formula is C31H40OS2. The lowest BCUT2D eigenvalue weighted by Gasteiger charge is -2.33. The van der Waals surface area contributed by atoms with E-state index in [4.69, 9.17) is 17.0 Å². The van der Waals surface area contributed by atoms with Crippen LogP contribution >= 0.6 is 24.0 Å². The molecule has 0 saturated heterocycles. The molecule has 0 bridgehead atoms. The molecule has 0 radical (unpaired) electrons. The van der Waals surface area contributed by atoms with Crippen molar-refractivity contribution >= 4 is 34.6 Å². The van der Waals surface area contributed by atoms with Crippen LogP contribution in [0.15, 0.2) is 72.8 Å². The Morgan fingerprint density at radius 3 is 2.26 bits per heavy atom. The summed E-state index contributed by atoms with van der Waals surface area (Å²) in [4.78, 5) is -0.431. The van der Waals surface area contributed by atoms with Gasteiger partial charge < -0.3 is 4.74 Å². The number of rotatable bonds is 14. The molecule has 0 aliphatic heterocycles. The van der Waals surface area contributed by atoms with Gasteiger partial charge in [-0.1, -0.05) is 119 Å². The Morgan fingerprint density at radius 1 is 0.882 bits per heavy atom. The van der Waals surface area contributed by atoms with E-state index in [-0.39, 0.29) is 0 Å². The van der Waals surface area contributed by atoms with Gasteiger partial charge in [0.15, 0.2) is 9.98 Å². The fourth-order valence-corrected chi connectivity index (χ4v) is 5.75. The maximum atomic E-state index is 6.58. The van der Waals surface area contributed by atoms with Gasteiger partial charge in [0.1, 0.15) is 0 Å². The van der Waals surface area contributed by atoms with Gasteiger partial charge in [0.25, 0.3) is 0 Å². The molecule has 34 heavy (non-hydrogen) atoms. The van der Waals surface area contributed by atoms with E-state index >= 15 is 0 Å². The van der Waals surface area contributed by atoms with Crippen LogP contribution in [-0.4, -0.2) is 15.7 Å². The van der Waals surface area contributed by atoms with Crippen LogP contribution in [0.25, 0.3) is 5.57 Å². The van der Waals surface area contributed by atoms with Gasteiger partial charge >= 0.3 is 0 Å². The maximum absolute atomic E-state index is 6.58. The summed E-state index contributed by atoms with van der Waals surface area (Å²) in [6, 6.07) is 19.2. The molecule has 0 saturated carbocycles. The molecule has 2 aromatic carbocycles. The van der Waals surface area contributed by atoms with E-state index in [2.05, 4.69) is 86.7 Å². The second kappa shape index (κ2) is 14.5. The van der Waals surface area contributed by atoms with Gasteiger partial charge in [0, 0.05) is 12.0 Å². The van der Waals surface area contributed by atoms with Gasteiger partial charge in [-0.15, -0.1) is 11.8 Å². The summed E-state index contributed by atoms with van der Waals surface area (Å²) in [6.45, 7) is 4.51. The van der Waals surface area contributed by atoms with E-state index in [9.17, 15) is 0 Å². The Kier molecular flexibility index (Phi) is 11.4. The number of hydrogen-bond donors (Lipinski definition) is 0. The second-order valence-electron chi connectivity index (χ2n) is 9.18. The summed E-state index contributed by atoms with van der Waals surface area (Å²) in [5.74, 6) is 1.08. The number of ether oxygens (including phenoxy) is 1. The highest BCUT2D eigenvalue weighted by Gasteiger charge is 2.32. The molecule has 3 rings (SSSR count). The number of allylic oxidation sites excluding steroid dienone is 2. The van der Waals surface area contributed by atoms with Crippen molar-refractivity contribution in [1.29, 1.82) is 0 Å². The van der Waals surface area contributed by atoms with Crippen molar-refractivity contribution in [1.82, 2.24) is 0 Å². The summed E-state index contributed by atoms with van der Waals surface area (Å²) in [7, 11) is 0. The summed E-state index contributed by atoms with van der Waals surface area (Å²) in [5.41, 5.74) is 4.89. The van der Waals surface area contributed by atoms with Gasteiger partial charge in [-0.25, -0.2) is 0 Å². The Balaban J connectivity index is 1.65. The molecule has 1 atom stereocenters. The van der Waals surface area contributed by atoms with Crippen LogP contribution in [0.3, 0.4) is 0 Å².